The van der Waals surface area contributed by atoms with Crippen molar-refractivity contribution < 1.29 is 14.3 Å². The number of para-hydroxylation sites is 1. The second-order valence-electron chi connectivity index (χ2n) is 9.51. The lowest BCUT2D eigenvalue weighted by Gasteiger charge is -2.26. The monoisotopic (exact) mass is 548 g/mol. The number of allylic oxidation sites excluding steroid dienone is 1. The lowest BCUT2D eigenvalue weighted by molar-refractivity contribution is -0.139. The number of thiazole rings is 1. The molecule has 1 unspecified atom stereocenters. The predicted molar refractivity (Wildman–Crippen MR) is 159 cm³/mol. The Bertz CT molecular complexity index is 1950. The number of hydrogen-bond donors (Lipinski definition) is 0. The fraction of sp³-hybridized carbons (Fsp3) is 0.182. The van der Waals surface area contributed by atoms with Crippen molar-refractivity contribution in [3.05, 3.63) is 121 Å². The molecule has 1 aromatic heterocycles. The van der Waals surface area contributed by atoms with Crippen molar-refractivity contribution in [2.24, 2.45) is 4.99 Å². The molecule has 0 spiro atoms. The summed E-state index contributed by atoms with van der Waals surface area (Å²) >= 11 is 1.32. The summed E-state index contributed by atoms with van der Waals surface area (Å²) in [6, 6.07) is 25.3. The standard InChI is InChI=1S/C33H28N2O4S/c1-4-38-27-17-11-10-16-25(27)30-29(32(37)39-5-2)20(3)34-33-35(30)31(36)28(40-33)19-26-23-14-8-6-12-21(23)18-22-13-7-9-15-24(22)26/h6-19,30H,4-5H2,1-3H3/b28-19+. The van der Waals surface area contributed by atoms with Gasteiger partial charge in [0.05, 0.1) is 29.0 Å². The van der Waals surface area contributed by atoms with Crippen LogP contribution >= 0.6 is 11.3 Å². The molecule has 0 radical (unpaired) electrons. The minimum atomic E-state index is -0.732. The van der Waals surface area contributed by atoms with Crippen LogP contribution in [0.15, 0.2) is 99.9 Å². The normalized spacial score (nSPS) is 15.3. The molecule has 6 nitrogen and oxygen atoms in total. The van der Waals surface area contributed by atoms with Gasteiger partial charge in [0.2, 0.25) is 0 Å². The summed E-state index contributed by atoms with van der Waals surface area (Å²) in [6.45, 7) is 6.13. The van der Waals surface area contributed by atoms with Crippen LogP contribution in [0.2, 0.25) is 0 Å². The molecule has 0 aliphatic carbocycles. The van der Waals surface area contributed by atoms with E-state index < -0.39 is 12.0 Å². The van der Waals surface area contributed by atoms with Crippen LogP contribution in [0.3, 0.4) is 0 Å². The molecule has 1 aliphatic rings. The smallest absolute Gasteiger partial charge is 0.338 e. The molecule has 40 heavy (non-hydrogen) atoms. The van der Waals surface area contributed by atoms with E-state index in [-0.39, 0.29) is 12.2 Å². The SMILES string of the molecule is CCOC(=O)C1=C(C)N=c2s/c(=C/c3c4ccccc4cc4ccccc34)c(=O)n2C1c1ccccc1OCC. The van der Waals surface area contributed by atoms with Gasteiger partial charge in [0.25, 0.3) is 5.56 Å². The Morgan fingerprint density at radius 2 is 1.60 bits per heavy atom. The lowest BCUT2D eigenvalue weighted by Crippen LogP contribution is -2.40. The number of carbonyl (C=O) groups is 1. The van der Waals surface area contributed by atoms with Crippen molar-refractivity contribution in [1.29, 1.82) is 0 Å². The second-order valence-corrected chi connectivity index (χ2v) is 10.5. The molecule has 2 heterocycles. The van der Waals surface area contributed by atoms with E-state index in [9.17, 15) is 9.59 Å². The van der Waals surface area contributed by atoms with Gasteiger partial charge >= 0.3 is 5.97 Å². The minimum absolute atomic E-state index is 0.216. The van der Waals surface area contributed by atoms with Crippen LogP contribution in [0.1, 0.15) is 37.9 Å². The van der Waals surface area contributed by atoms with Crippen LogP contribution in [0.5, 0.6) is 5.75 Å². The maximum atomic E-state index is 14.2. The Hall–Kier alpha value is -4.49. The topological polar surface area (TPSA) is 69.9 Å². The molecule has 0 amide bonds. The number of carbonyl (C=O) groups excluding carboxylic acids is 1. The zero-order valence-electron chi connectivity index (χ0n) is 22.5. The van der Waals surface area contributed by atoms with Crippen LogP contribution in [0.25, 0.3) is 27.6 Å². The highest BCUT2D eigenvalue weighted by Crippen LogP contribution is 2.36. The molecule has 200 valence electrons. The van der Waals surface area contributed by atoms with E-state index >= 15 is 0 Å². The number of nitrogens with zero attached hydrogens (tertiary/aromatic N) is 2. The largest absolute Gasteiger partial charge is 0.494 e. The van der Waals surface area contributed by atoms with Gasteiger partial charge in [-0.3, -0.25) is 9.36 Å². The zero-order valence-corrected chi connectivity index (χ0v) is 23.3. The average Bonchev–Trinajstić information content (AvgIpc) is 3.26. The maximum Gasteiger partial charge on any atom is 0.338 e. The van der Waals surface area contributed by atoms with E-state index in [1.165, 1.54) is 11.3 Å². The van der Waals surface area contributed by atoms with Crippen molar-refractivity contribution in [1.82, 2.24) is 4.57 Å². The van der Waals surface area contributed by atoms with E-state index in [4.69, 9.17) is 14.5 Å². The Morgan fingerprint density at radius 3 is 2.27 bits per heavy atom. The molecule has 5 aromatic rings. The Kier molecular flexibility index (Phi) is 6.82. The third-order valence-electron chi connectivity index (χ3n) is 7.12. The summed E-state index contributed by atoms with van der Waals surface area (Å²) < 4.78 is 13.5. The molecule has 1 aliphatic heterocycles. The van der Waals surface area contributed by atoms with Crippen molar-refractivity contribution in [2.75, 3.05) is 13.2 Å². The molecule has 0 bridgehead atoms. The van der Waals surface area contributed by atoms with Gasteiger partial charge in [-0.1, -0.05) is 78.1 Å². The highest BCUT2D eigenvalue weighted by atomic mass is 32.1. The van der Waals surface area contributed by atoms with E-state index in [1.54, 1.807) is 18.4 Å². The van der Waals surface area contributed by atoms with Crippen LogP contribution in [0, 0.1) is 0 Å². The highest BCUT2D eigenvalue weighted by molar-refractivity contribution is 7.07. The molecule has 0 saturated carbocycles. The maximum absolute atomic E-state index is 14.2. The van der Waals surface area contributed by atoms with E-state index in [0.717, 1.165) is 27.1 Å². The number of esters is 1. The van der Waals surface area contributed by atoms with Gasteiger partial charge in [0.15, 0.2) is 4.80 Å². The van der Waals surface area contributed by atoms with E-state index in [1.807, 2.05) is 61.5 Å². The first-order valence-corrected chi connectivity index (χ1v) is 14.1. The number of fused-ring (bicyclic) bond motifs is 3. The summed E-state index contributed by atoms with van der Waals surface area (Å²) in [5, 5.41) is 4.33. The molecule has 0 fully saturated rings. The lowest BCUT2D eigenvalue weighted by atomic mass is 9.95. The number of benzene rings is 4. The van der Waals surface area contributed by atoms with Crippen LogP contribution in [-0.4, -0.2) is 23.8 Å². The van der Waals surface area contributed by atoms with Crippen LogP contribution < -0.4 is 19.6 Å². The van der Waals surface area contributed by atoms with Gasteiger partial charge in [-0.25, -0.2) is 9.79 Å². The third kappa shape index (κ3) is 4.32. The molecule has 0 N–H and O–H groups in total. The van der Waals surface area contributed by atoms with Crippen LogP contribution in [0.4, 0.5) is 0 Å². The summed E-state index contributed by atoms with van der Waals surface area (Å²) in [4.78, 5) is 32.8. The third-order valence-corrected chi connectivity index (χ3v) is 8.10. The quantitative estimate of drug-likeness (QED) is 0.208. The van der Waals surface area contributed by atoms with Gasteiger partial charge in [0.1, 0.15) is 11.8 Å². The Balaban J connectivity index is 1.65. The van der Waals surface area contributed by atoms with Gasteiger partial charge in [-0.2, -0.15) is 0 Å². The molecule has 0 saturated heterocycles. The predicted octanol–water partition coefficient (Wildman–Crippen LogP) is 5.50. The molecule has 4 aromatic carbocycles. The minimum Gasteiger partial charge on any atom is -0.494 e. The molecule has 6 rings (SSSR count). The molecular weight excluding hydrogens is 520 g/mol. The molecular formula is C33H28N2O4S. The fourth-order valence-electron chi connectivity index (χ4n) is 5.41. The number of rotatable bonds is 6. The van der Waals surface area contributed by atoms with Gasteiger partial charge in [-0.05, 0) is 66.1 Å². The summed E-state index contributed by atoms with van der Waals surface area (Å²) in [7, 11) is 0. The second kappa shape index (κ2) is 10.6. The number of aromatic nitrogens is 1. The highest BCUT2D eigenvalue weighted by Gasteiger charge is 2.35. The zero-order chi connectivity index (χ0) is 27.8. The Labute approximate surface area is 235 Å². The summed E-state index contributed by atoms with van der Waals surface area (Å²) in [5.41, 5.74) is 2.34. The van der Waals surface area contributed by atoms with Gasteiger partial charge < -0.3 is 9.47 Å². The Morgan fingerprint density at radius 1 is 0.950 bits per heavy atom. The fourth-order valence-corrected chi connectivity index (χ4v) is 6.44. The number of hydrogen-bond acceptors (Lipinski definition) is 6. The number of ether oxygens (including phenoxy) is 2. The summed E-state index contributed by atoms with van der Waals surface area (Å²) in [5.74, 6) is 0.121. The van der Waals surface area contributed by atoms with Crippen molar-refractivity contribution in [3.63, 3.8) is 0 Å². The summed E-state index contributed by atoms with van der Waals surface area (Å²) in [6.07, 6.45) is 1.96. The van der Waals surface area contributed by atoms with Gasteiger partial charge in [-0.15, -0.1) is 0 Å². The van der Waals surface area contributed by atoms with Crippen molar-refractivity contribution in [3.8, 4) is 5.75 Å². The average molecular weight is 549 g/mol. The molecule has 7 heteroatoms. The van der Waals surface area contributed by atoms with Crippen molar-refractivity contribution in [2.45, 2.75) is 26.8 Å². The van der Waals surface area contributed by atoms with Gasteiger partial charge in [0, 0.05) is 5.56 Å². The van der Waals surface area contributed by atoms with E-state index in [0.29, 0.717) is 38.5 Å². The first-order chi connectivity index (χ1) is 19.5. The van der Waals surface area contributed by atoms with Crippen LogP contribution in [-0.2, 0) is 9.53 Å². The van der Waals surface area contributed by atoms with E-state index in [2.05, 4.69) is 30.3 Å². The first-order valence-electron chi connectivity index (χ1n) is 13.3. The van der Waals surface area contributed by atoms with Crippen molar-refractivity contribution >= 4 is 44.9 Å². The molecule has 1 atom stereocenters. The first kappa shape index (κ1) is 25.8.